The Hall–Kier alpha value is -2.13. The van der Waals surface area contributed by atoms with Gasteiger partial charge in [-0.25, -0.2) is 4.98 Å². The fourth-order valence-corrected chi connectivity index (χ4v) is 2.84. The summed E-state index contributed by atoms with van der Waals surface area (Å²) in [6, 6.07) is 11.6. The molecule has 112 valence electrons. The van der Waals surface area contributed by atoms with Gasteiger partial charge in [0.2, 0.25) is 0 Å². The van der Waals surface area contributed by atoms with E-state index in [0.717, 1.165) is 28.1 Å². The van der Waals surface area contributed by atoms with Crippen LogP contribution in [0.4, 0.5) is 0 Å². The highest BCUT2D eigenvalue weighted by molar-refractivity contribution is 6.30. The largest absolute Gasteiger partial charge is 0.298 e. The zero-order valence-corrected chi connectivity index (χ0v) is 13.4. The first-order valence-corrected chi connectivity index (χ1v) is 7.63. The molecule has 3 aromatic rings. The molecule has 0 atom stereocenters. The number of aryl methyl sites for hydroxylation is 4. The molecule has 0 spiro atoms. The Labute approximate surface area is 134 Å². The number of hydrogen-bond donors (Lipinski definition) is 0. The van der Waals surface area contributed by atoms with Crippen LogP contribution in [0.5, 0.6) is 0 Å². The van der Waals surface area contributed by atoms with Crippen molar-refractivity contribution < 1.29 is 0 Å². The standard InChI is InChI=1S/C18H17ClN2O/c1-12-3-6-16-17(9-12)20-11-21(18(16)22)8-7-14-4-5-15(19)10-13(14)2/h3-6,9-11H,7-8H2,1-2H3. The first-order chi connectivity index (χ1) is 10.5. The van der Waals surface area contributed by atoms with Crippen LogP contribution in [0.15, 0.2) is 47.5 Å². The van der Waals surface area contributed by atoms with Gasteiger partial charge in [-0.15, -0.1) is 0 Å². The molecule has 0 N–H and O–H groups in total. The van der Waals surface area contributed by atoms with Crippen molar-refractivity contribution in [2.45, 2.75) is 26.8 Å². The highest BCUT2D eigenvalue weighted by Gasteiger charge is 2.05. The van der Waals surface area contributed by atoms with Gasteiger partial charge in [-0.3, -0.25) is 9.36 Å². The molecule has 0 unspecified atom stereocenters. The highest BCUT2D eigenvalue weighted by atomic mass is 35.5. The van der Waals surface area contributed by atoms with Crippen LogP contribution in [0, 0.1) is 13.8 Å². The molecule has 0 aliphatic carbocycles. The first kappa shape index (κ1) is 14.8. The Balaban J connectivity index is 1.89. The van der Waals surface area contributed by atoms with Gasteiger partial charge in [0.1, 0.15) is 0 Å². The fourth-order valence-electron chi connectivity index (χ4n) is 2.61. The van der Waals surface area contributed by atoms with Gasteiger partial charge in [-0.05, 0) is 61.2 Å². The second kappa shape index (κ2) is 5.93. The molecule has 1 heterocycles. The lowest BCUT2D eigenvalue weighted by Gasteiger charge is -2.09. The van der Waals surface area contributed by atoms with Gasteiger partial charge in [-0.1, -0.05) is 23.7 Å². The lowest BCUT2D eigenvalue weighted by molar-refractivity contribution is 0.661. The Bertz CT molecular complexity index is 899. The van der Waals surface area contributed by atoms with E-state index in [1.165, 1.54) is 5.56 Å². The van der Waals surface area contributed by atoms with Gasteiger partial charge >= 0.3 is 0 Å². The third-order valence-corrected chi connectivity index (χ3v) is 4.14. The van der Waals surface area contributed by atoms with Crippen LogP contribution in [-0.2, 0) is 13.0 Å². The van der Waals surface area contributed by atoms with E-state index in [0.29, 0.717) is 11.9 Å². The smallest absolute Gasteiger partial charge is 0.261 e. The summed E-state index contributed by atoms with van der Waals surface area (Å²) in [5.74, 6) is 0. The molecular formula is C18H17ClN2O. The molecular weight excluding hydrogens is 296 g/mol. The molecule has 0 amide bonds. The molecule has 0 aliphatic heterocycles. The maximum Gasteiger partial charge on any atom is 0.261 e. The SMILES string of the molecule is Cc1ccc2c(=O)n(CCc3ccc(Cl)cc3C)cnc2c1. The van der Waals surface area contributed by atoms with E-state index in [-0.39, 0.29) is 5.56 Å². The van der Waals surface area contributed by atoms with Crippen molar-refractivity contribution >= 4 is 22.5 Å². The van der Waals surface area contributed by atoms with E-state index in [2.05, 4.69) is 4.98 Å². The summed E-state index contributed by atoms with van der Waals surface area (Å²) in [5, 5.41) is 1.40. The zero-order valence-electron chi connectivity index (χ0n) is 12.6. The van der Waals surface area contributed by atoms with Gasteiger partial charge in [0.25, 0.3) is 5.56 Å². The molecule has 22 heavy (non-hydrogen) atoms. The van der Waals surface area contributed by atoms with E-state index in [9.17, 15) is 4.79 Å². The molecule has 4 heteroatoms. The van der Waals surface area contributed by atoms with Crippen LogP contribution in [0.1, 0.15) is 16.7 Å². The molecule has 0 radical (unpaired) electrons. The van der Waals surface area contributed by atoms with E-state index in [1.54, 1.807) is 10.9 Å². The number of aromatic nitrogens is 2. The number of hydrogen-bond acceptors (Lipinski definition) is 2. The van der Waals surface area contributed by atoms with Crippen molar-refractivity contribution in [2.75, 3.05) is 0 Å². The maximum absolute atomic E-state index is 12.5. The summed E-state index contributed by atoms with van der Waals surface area (Å²) in [5.41, 5.74) is 4.21. The quantitative estimate of drug-likeness (QED) is 0.735. The summed E-state index contributed by atoms with van der Waals surface area (Å²) in [7, 11) is 0. The lowest BCUT2D eigenvalue weighted by Crippen LogP contribution is -2.21. The monoisotopic (exact) mass is 312 g/mol. The predicted octanol–water partition coefficient (Wildman–Crippen LogP) is 3.91. The second-order valence-corrected chi connectivity index (χ2v) is 6.02. The van der Waals surface area contributed by atoms with E-state index in [4.69, 9.17) is 11.6 Å². The first-order valence-electron chi connectivity index (χ1n) is 7.25. The van der Waals surface area contributed by atoms with Crippen molar-refractivity contribution in [3.05, 3.63) is 74.8 Å². The molecule has 3 nitrogen and oxygen atoms in total. The van der Waals surface area contributed by atoms with Gasteiger partial charge in [0, 0.05) is 11.6 Å². The minimum Gasteiger partial charge on any atom is -0.298 e. The second-order valence-electron chi connectivity index (χ2n) is 5.58. The molecule has 3 rings (SSSR count). The molecule has 2 aromatic carbocycles. The van der Waals surface area contributed by atoms with Crippen molar-refractivity contribution in [1.82, 2.24) is 9.55 Å². The number of nitrogens with zero attached hydrogens (tertiary/aromatic N) is 2. The Morgan fingerprint density at radius 3 is 2.73 bits per heavy atom. The van der Waals surface area contributed by atoms with E-state index < -0.39 is 0 Å². The molecule has 0 fully saturated rings. The number of halogens is 1. The van der Waals surface area contributed by atoms with Crippen LogP contribution in [0.3, 0.4) is 0 Å². The van der Waals surface area contributed by atoms with Gasteiger partial charge in [-0.2, -0.15) is 0 Å². The van der Waals surface area contributed by atoms with Crippen molar-refractivity contribution in [3.63, 3.8) is 0 Å². The summed E-state index contributed by atoms with van der Waals surface area (Å²) in [4.78, 5) is 16.9. The number of rotatable bonds is 3. The summed E-state index contributed by atoms with van der Waals surface area (Å²) in [6.45, 7) is 4.64. The Kier molecular flexibility index (Phi) is 3.99. The number of benzene rings is 2. The Morgan fingerprint density at radius 1 is 1.14 bits per heavy atom. The minimum absolute atomic E-state index is 0.0108. The van der Waals surface area contributed by atoms with Crippen molar-refractivity contribution in [2.24, 2.45) is 0 Å². The lowest BCUT2D eigenvalue weighted by atomic mass is 10.1. The van der Waals surface area contributed by atoms with Gasteiger partial charge < -0.3 is 0 Å². The third kappa shape index (κ3) is 2.90. The zero-order chi connectivity index (χ0) is 15.7. The third-order valence-electron chi connectivity index (χ3n) is 3.91. The van der Waals surface area contributed by atoms with Crippen LogP contribution >= 0.6 is 11.6 Å². The minimum atomic E-state index is 0.0108. The van der Waals surface area contributed by atoms with E-state index >= 15 is 0 Å². The van der Waals surface area contributed by atoms with Crippen LogP contribution in [0.25, 0.3) is 10.9 Å². The molecule has 0 saturated heterocycles. The van der Waals surface area contributed by atoms with Crippen LogP contribution < -0.4 is 5.56 Å². The average molecular weight is 313 g/mol. The summed E-state index contributed by atoms with van der Waals surface area (Å²) < 4.78 is 1.67. The topological polar surface area (TPSA) is 34.9 Å². The fraction of sp³-hybridized carbons (Fsp3) is 0.222. The van der Waals surface area contributed by atoms with Crippen molar-refractivity contribution in [3.8, 4) is 0 Å². The van der Waals surface area contributed by atoms with Crippen molar-refractivity contribution in [1.29, 1.82) is 0 Å². The molecule has 0 saturated carbocycles. The van der Waals surface area contributed by atoms with Gasteiger partial charge in [0.05, 0.1) is 17.2 Å². The average Bonchev–Trinajstić information content (AvgIpc) is 2.48. The van der Waals surface area contributed by atoms with Crippen LogP contribution in [-0.4, -0.2) is 9.55 Å². The normalized spacial score (nSPS) is 11.0. The molecule has 0 aliphatic rings. The number of fused-ring (bicyclic) bond motifs is 1. The molecule has 1 aromatic heterocycles. The van der Waals surface area contributed by atoms with E-state index in [1.807, 2.05) is 50.2 Å². The summed E-state index contributed by atoms with van der Waals surface area (Å²) in [6.07, 6.45) is 2.41. The predicted molar refractivity (Wildman–Crippen MR) is 90.6 cm³/mol. The summed E-state index contributed by atoms with van der Waals surface area (Å²) >= 11 is 5.97. The highest BCUT2D eigenvalue weighted by Crippen LogP contribution is 2.16. The van der Waals surface area contributed by atoms with Crippen LogP contribution in [0.2, 0.25) is 5.02 Å². The molecule has 0 bridgehead atoms. The Morgan fingerprint density at radius 2 is 1.95 bits per heavy atom. The maximum atomic E-state index is 12.5. The van der Waals surface area contributed by atoms with Gasteiger partial charge in [0.15, 0.2) is 0 Å².